The zero-order valence-electron chi connectivity index (χ0n) is 11.4. The Morgan fingerprint density at radius 1 is 1.30 bits per heavy atom. The molecule has 3 heterocycles. The lowest BCUT2D eigenvalue weighted by Gasteiger charge is -1.99. The minimum atomic E-state index is -0.463. The molecule has 0 aliphatic rings. The number of nitrogens with one attached hydrogen (secondary N) is 2. The number of fused-ring (bicyclic) bond motifs is 1. The second kappa shape index (κ2) is 4.19. The fourth-order valence-corrected chi connectivity index (χ4v) is 2.19. The monoisotopic (exact) mass is 274 g/mol. The van der Waals surface area contributed by atoms with Crippen LogP contribution in [0, 0.1) is 6.92 Å². The molecule has 3 rings (SSSR count). The van der Waals surface area contributed by atoms with Crippen LogP contribution in [0.5, 0.6) is 0 Å². The third-order valence-corrected chi connectivity index (χ3v) is 3.44. The first-order valence-electron chi connectivity index (χ1n) is 6.24. The fraction of sp³-hybridized carbons (Fsp3) is 0.333. The van der Waals surface area contributed by atoms with Gasteiger partial charge in [-0.2, -0.15) is 5.10 Å². The van der Waals surface area contributed by atoms with Gasteiger partial charge in [0.1, 0.15) is 11.3 Å². The molecule has 0 radical (unpaired) electrons. The van der Waals surface area contributed by atoms with E-state index in [1.165, 1.54) is 4.57 Å². The predicted octanol–water partition coefficient (Wildman–Crippen LogP) is 0.142. The second-order valence-corrected chi connectivity index (χ2v) is 4.55. The van der Waals surface area contributed by atoms with Gasteiger partial charge in [0.05, 0.1) is 11.8 Å². The van der Waals surface area contributed by atoms with Crippen LogP contribution in [-0.2, 0) is 13.6 Å². The maximum Gasteiger partial charge on any atom is 0.330 e. The number of aromatic nitrogens is 6. The predicted molar refractivity (Wildman–Crippen MR) is 73.6 cm³/mol. The van der Waals surface area contributed by atoms with Crippen LogP contribution in [0.3, 0.4) is 0 Å². The van der Waals surface area contributed by atoms with Crippen molar-refractivity contribution in [1.82, 2.24) is 29.3 Å². The largest absolute Gasteiger partial charge is 0.332 e. The van der Waals surface area contributed by atoms with E-state index in [0.29, 0.717) is 23.5 Å². The molecule has 8 heteroatoms. The summed E-state index contributed by atoms with van der Waals surface area (Å²) in [7, 11) is 1.83. The number of aryl methyl sites for hydroxylation is 2. The fourth-order valence-electron chi connectivity index (χ4n) is 2.19. The molecule has 0 aromatic carbocycles. The van der Waals surface area contributed by atoms with Crippen LogP contribution in [0.2, 0.25) is 0 Å². The number of nitrogens with zero attached hydrogens (tertiary/aromatic N) is 4. The van der Waals surface area contributed by atoms with E-state index in [-0.39, 0.29) is 0 Å². The number of hydrogen-bond donors (Lipinski definition) is 2. The van der Waals surface area contributed by atoms with Crippen LogP contribution >= 0.6 is 0 Å². The van der Waals surface area contributed by atoms with Crippen LogP contribution in [0.1, 0.15) is 12.6 Å². The highest BCUT2D eigenvalue weighted by atomic mass is 16.2. The van der Waals surface area contributed by atoms with E-state index in [4.69, 9.17) is 0 Å². The molecule has 2 N–H and O–H groups in total. The molecule has 0 fully saturated rings. The highest BCUT2D eigenvalue weighted by molar-refractivity contribution is 5.75. The Morgan fingerprint density at radius 3 is 2.65 bits per heavy atom. The normalized spacial score (nSPS) is 11.3. The SMILES string of the molecule is CCn1c(=O)[nH]c(=O)c2[nH]c(-c3cnn(C)c3C)nc21. The molecule has 0 unspecified atom stereocenters. The number of aromatic amines is 2. The molecule has 0 saturated heterocycles. The molecule has 0 aliphatic carbocycles. The lowest BCUT2D eigenvalue weighted by atomic mass is 10.2. The van der Waals surface area contributed by atoms with Crippen LogP contribution < -0.4 is 11.2 Å². The average Bonchev–Trinajstić information content (AvgIpc) is 2.96. The van der Waals surface area contributed by atoms with Crippen LogP contribution in [0.4, 0.5) is 0 Å². The van der Waals surface area contributed by atoms with Crippen LogP contribution in [0.25, 0.3) is 22.6 Å². The molecule has 0 amide bonds. The van der Waals surface area contributed by atoms with Crippen molar-refractivity contribution in [2.75, 3.05) is 0 Å². The second-order valence-electron chi connectivity index (χ2n) is 4.55. The molecule has 0 spiro atoms. The van der Waals surface area contributed by atoms with E-state index >= 15 is 0 Å². The molecule has 0 aliphatic heterocycles. The van der Waals surface area contributed by atoms with Gasteiger partial charge in [0.15, 0.2) is 5.65 Å². The van der Waals surface area contributed by atoms with Gasteiger partial charge in [-0.05, 0) is 13.8 Å². The highest BCUT2D eigenvalue weighted by Gasteiger charge is 2.15. The van der Waals surface area contributed by atoms with Crippen molar-refractivity contribution in [2.45, 2.75) is 20.4 Å². The third-order valence-electron chi connectivity index (χ3n) is 3.44. The molecule has 20 heavy (non-hydrogen) atoms. The van der Waals surface area contributed by atoms with Gasteiger partial charge < -0.3 is 4.98 Å². The van der Waals surface area contributed by atoms with Crippen molar-refractivity contribution in [3.8, 4) is 11.4 Å². The summed E-state index contributed by atoms with van der Waals surface area (Å²) >= 11 is 0. The summed E-state index contributed by atoms with van der Waals surface area (Å²) in [5.41, 5.74) is 1.47. The Balaban J connectivity index is 2.36. The Morgan fingerprint density at radius 2 is 2.05 bits per heavy atom. The standard InChI is InChI=1S/C12H14N6O2/c1-4-18-10-8(11(19)16-12(18)20)14-9(15-10)7-5-13-17(3)6(7)2/h5H,4H2,1-3H3,(H,14,15)(H,16,19,20). The van der Waals surface area contributed by atoms with Gasteiger partial charge in [-0.25, -0.2) is 9.78 Å². The minimum Gasteiger partial charge on any atom is -0.332 e. The number of hydrogen-bond acceptors (Lipinski definition) is 4. The van der Waals surface area contributed by atoms with E-state index in [1.807, 2.05) is 20.9 Å². The summed E-state index contributed by atoms with van der Waals surface area (Å²) < 4.78 is 3.14. The van der Waals surface area contributed by atoms with Crippen LogP contribution in [0.15, 0.2) is 15.8 Å². The average molecular weight is 274 g/mol. The van der Waals surface area contributed by atoms with Crippen LogP contribution in [-0.4, -0.2) is 29.3 Å². The number of rotatable bonds is 2. The number of imidazole rings is 1. The summed E-state index contributed by atoms with van der Waals surface area (Å²) in [6.07, 6.45) is 1.68. The van der Waals surface area contributed by atoms with E-state index < -0.39 is 11.2 Å². The van der Waals surface area contributed by atoms with E-state index in [9.17, 15) is 9.59 Å². The lowest BCUT2D eigenvalue weighted by molar-refractivity contribution is 0.720. The summed E-state index contributed by atoms with van der Waals surface area (Å²) in [6.45, 7) is 4.16. The Bertz CT molecular complexity index is 910. The number of H-pyrrole nitrogens is 2. The zero-order chi connectivity index (χ0) is 14.4. The van der Waals surface area contributed by atoms with E-state index in [1.54, 1.807) is 10.9 Å². The van der Waals surface area contributed by atoms with Gasteiger partial charge in [0, 0.05) is 19.3 Å². The molecule has 3 aromatic heterocycles. The first-order chi connectivity index (χ1) is 9.52. The van der Waals surface area contributed by atoms with Gasteiger partial charge in [-0.3, -0.25) is 19.0 Å². The van der Waals surface area contributed by atoms with Crippen molar-refractivity contribution in [3.63, 3.8) is 0 Å². The van der Waals surface area contributed by atoms with E-state index in [2.05, 4.69) is 20.1 Å². The molecular weight excluding hydrogens is 260 g/mol. The van der Waals surface area contributed by atoms with Gasteiger partial charge in [-0.1, -0.05) is 0 Å². The maximum atomic E-state index is 11.8. The quantitative estimate of drug-likeness (QED) is 0.694. The van der Waals surface area contributed by atoms with Gasteiger partial charge in [0.25, 0.3) is 5.56 Å². The molecular formula is C12H14N6O2. The highest BCUT2D eigenvalue weighted by Crippen LogP contribution is 2.20. The topological polar surface area (TPSA) is 101 Å². The van der Waals surface area contributed by atoms with Gasteiger partial charge >= 0.3 is 5.69 Å². The summed E-state index contributed by atoms with van der Waals surface area (Å²) in [4.78, 5) is 33.2. The van der Waals surface area contributed by atoms with Crippen molar-refractivity contribution in [2.24, 2.45) is 7.05 Å². The molecule has 104 valence electrons. The summed E-state index contributed by atoms with van der Waals surface area (Å²) in [6, 6.07) is 0. The Kier molecular flexibility index (Phi) is 2.60. The Hall–Kier alpha value is -2.64. The third kappa shape index (κ3) is 1.61. The maximum absolute atomic E-state index is 11.8. The van der Waals surface area contributed by atoms with Crippen molar-refractivity contribution < 1.29 is 0 Å². The van der Waals surface area contributed by atoms with Crippen molar-refractivity contribution in [1.29, 1.82) is 0 Å². The van der Waals surface area contributed by atoms with E-state index in [0.717, 1.165) is 11.3 Å². The minimum absolute atomic E-state index is 0.296. The molecule has 8 nitrogen and oxygen atoms in total. The smallest absolute Gasteiger partial charge is 0.330 e. The first kappa shape index (κ1) is 12.4. The van der Waals surface area contributed by atoms with Gasteiger partial charge in [0.2, 0.25) is 0 Å². The van der Waals surface area contributed by atoms with Crippen molar-refractivity contribution in [3.05, 3.63) is 32.7 Å². The summed E-state index contributed by atoms with van der Waals surface area (Å²) in [5, 5.41) is 4.15. The molecule has 0 atom stereocenters. The first-order valence-corrected chi connectivity index (χ1v) is 6.24. The zero-order valence-corrected chi connectivity index (χ0v) is 11.4. The Labute approximate surface area is 113 Å². The lowest BCUT2D eigenvalue weighted by Crippen LogP contribution is -2.29. The molecule has 3 aromatic rings. The molecule has 0 bridgehead atoms. The van der Waals surface area contributed by atoms with Gasteiger partial charge in [-0.15, -0.1) is 0 Å². The molecule has 0 saturated carbocycles. The summed E-state index contributed by atoms with van der Waals surface area (Å²) in [5.74, 6) is 0.531. The van der Waals surface area contributed by atoms with Crippen molar-refractivity contribution >= 4 is 11.2 Å².